The molecule has 0 amide bonds. The molecule has 0 atom stereocenters. The van der Waals surface area contributed by atoms with Crippen LogP contribution in [0.5, 0.6) is 0 Å². The van der Waals surface area contributed by atoms with Crippen molar-refractivity contribution in [2.75, 3.05) is 11.5 Å². The van der Waals surface area contributed by atoms with E-state index in [2.05, 4.69) is 15.9 Å². The first kappa shape index (κ1) is 13.1. The zero-order valence-corrected chi connectivity index (χ0v) is 11.8. The molecule has 1 heterocycles. The molecule has 4 heteroatoms. The quantitative estimate of drug-likeness (QED) is 0.773. The molecule has 2 rings (SSSR count). The Hall–Kier alpha value is -0.350. The molecule has 0 N–H and O–H groups in total. The fraction of sp³-hybridized carbons (Fsp3) is 0.462. The lowest BCUT2D eigenvalue weighted by Gasteiger charge is -2.20. The third-order valence-electron chi connectivity index (χ3n) is 3.06. The van der Waals surface area contributed by atoms with Gasteiger partial charge in [0.1, 0.15) is 5.82 Å². The van der Waals surface area contributed by atoms with Gasteiger partial charge < -0.3 is 0 Å². The number of Topliss-reactive ketones (excluding diaryl/α,β-unsaturated/α-hetero) is 1. The minimum absolute atomic E-state index is 0.127. The van der Waals surface area contributed by atoms with Crippen molar-refractivity contribution in [2.45, 2.75) is 19.3 Å². The summed E-state index contributed by atoms with van der Waals surface area (Å²) < 4.78 is 13.4. The zero-order valence-electron chi connectivity index (χ0n) is 9.42. The molecular formula is C13H14BrFOS. The second-order valence-corrected chi connectivity index (χ2v) is 6.39. The smallest absolute Gasteiger partial charge is 0.163 e. The van der Waals surface area contributed by atoms with Gasteiger partial charge >= 0.3 is 0 Å². The molecule has 0 aliphatic carbocycles. The Morgan fingerprint density at radius 1 is 1.41 bits per heavy atom. The SMILES string of the molecule is O=C(CC1CCSCC1)c1ccc(F)c(Br)c1. The predicted octanol–water partition coefficient (Wildman–Crippen LogP) is 4.30. The van der Waals surface area contributed by atoms with Crippen molar-refractivity contribution >= 4 is 33.5 Å². The number of carbonyl (C=O) groups is 1. The molecule has 1 saturated heterocycles. The number of hydrogen-bond acceptors (Lipinski definition) is 2. The first-order chi connectivity index (χ1) is 8.16. The van der Waals surface area contributed by atoms with Crippen molar-refractivity contribution < 1.29 is 9.18 Å². The van der Waals surface area contributed by atoms with E-state index < -0.39 is 0 Å². The second-order valence-electron chi connectivity index (χ2n) is 4.31. The number of carbonyl (C=O) groups excluding carboxylic acids is 1. The van der Waals surface area contributed by atoms with Crippen LogP contribution in [0, 0.1) is 11.7 Å². The van der Waals surface area contributed by atoms with Gasteiger partial charge in [-0.25, -0.2) is 4.39 Å². The van der Waals surface area contributed by atoms with Crippen molar-refractivity contribution in [3.8, 4) is 0 Å². The minimum Gasteiger partial charge on any atom is -0.294 e. The van der Waals surface area contributed by atoms with Gasteiger partial charge in [0.15, 0.2) is 5.78 Å². The van der Waals surface area contributed by atoms with Crippen LogP contribution in [-0.4, -0.2) is 17.3 Å². The summed E-state index contributed by atoms with van der Waals surface area (Å²) in [6, 6.07) is 4.49. The first-order valence-electron chi connectivity index (χ1n) is 5.73. The standard InChI is InChI=1S/C13H14BrFOS/c14-11-8-10(1-2-12(11)15)13(16)7-9-3-5-17-6-4-9/h1-2,8-9H,3-7H2. The van der Waals surface area contributed by atoms with E-state index in [4.69, 9.17) is 0 Å². The van der Waals surface area contributed by atoms with Crippen LogP contribution in [0.3, 0.4) is 0 Å². The lowest BCUT2D eigenvalue weighted by molar-refractivity contribution is 0.0958. The molecule has 0 radical (unpaired) electrons. The van der Waals surface area contributed by atoms with Crippen LogP contribution in [0.4, 0.5) is 4.39 Å². The van der Waals surface area contributed by atoms with Gasteiger partial charge in [-0.2, -0.15) is 11.8 Å². The molecule has 1 nitrogen and oxygen atoms in total. The van der Waals surface area contributed by atoms with Crippen molar-refractivity contribution in [2.24, 2.45) is 5.92 Å². The maximum Gasteiger partial charge on any atom is 0.163 e. The molecular weight excluding hydrogens is 303 g/mol. The topological polar surface area (TPSA) is 17.1 Å². The lowest BCUT2D eigenvalue weighted by Crippen LogP contribution is -2.14. The van der Waals surface area contributed by atoms with Crippen molar-refractivity contribution in [1.29, 1.82) is 0 Å². The first-order valence-corrected chi connectivity index (χ1v) is 7.67. The van der Waals surface area contributed by atoms with Crippen LogP contribution in [0.1, 0.15) is 29.6 Å². The van der Waals surface area contributed by atoms with E-state index in [1.165, 1.54) is 6.07 Å². The molecule has 1 aliphatic heterocycles. The average Bonchev–Trinajstić information content (AvgIpc) is 2.34. The van der Waals surface area contributed by atoms with Crippen LogP contribution in [0.15, 0.2) is 22.7 Å². The minimum atomic E-state index is -0.324. The van der Waals surface area contributed by atoms with Crippen molar-refractivity contribution in [3.63, 3.8) is 0 Å². The largest absolute Gasteiger partial charge is 0.294 e. The van der Waals surface area contributed by atoms with E-state index in [1.807, 2.05) is 11.8 Å². The maximum absolute atomic E-state index is 13.1. The summed E-state index contributed by atoms with van der Waals surface area (Å²) in [6.07, 6.45) is 2.84. The molecule has 1 aliphatic rings. The summed E-state index contributed by atoms with van der Waals surface area (Å²) in [5.74, 6) is 2.63. The molecule has 1 aromatic carbocycles. The number of halogens is 2. The molecule has 1 fully saturated rings. The van der Waals surface area contributed by atoms with Crippen LogP contribution in [-0.2, 0) is 0 Å². The summed E-state index contributed by atoms with van der Waals surface area (Å²) in [4.78, 5) is 12.0. The maximum atomic E-state index is 13.1. The Kier molecular flexibility index (Phi) is 4.62. The molecule has 0 bridgehead atoms. The fourth-order valence-electron chi connectivity index (χ4n) is 2.00. The van der Waals surface area contributed by atoms with Crippen LogP contribution >= 0.6 is 27.7 Å². The van der Waals surface area contributed by atoms with Gasteiger partial charge in [0.25, 0.3) is 0 Å². The zero-order chi connectivity index (χ0) is 12.3. The molecule has 92 valence electrons. The highest BCUT2D eigenvalue weighted by atomic mass is 79.9. The van der Waals surface area contributed by atoms with E-state index in [9.17, 15) is 9.18 Å². The Morgan fingerprint density at radius 2 is 2.12 bits per heavy atom. The van der Waals surface area contributed by atoms with Gasteiger partial charge in [0, 0.05) is 12.0 Å². The Labute approximate surface area is 113 Å². The average molecular weight is 317 g/mol. The highest BCUT2D eigenvalue weighted by Crippen LogP contribution is 2.27. The van der Waals surface area contributed by atoms with Gasteiger partial charge in [-0.05, 0) is 64.4 Å². The predicted molar refractivity (Wildman–Crippen MR) is 73.1 cm³/mol. The fourth-order valence-corrected chi connectivity index (χ4v) is 3.58. The summed E-state index contributed by atoms with van der Waals surface area (Å²) in [5, 5.41) is 0. The van der Waals surface area contributed by atoms with E-state index in [-0.39, 0.29) is 11.6 Å². The van der Waals surface area contributed by atoms with Crippen molar-refractivity contribution in [3.05, 3.63) is 34.1 Å². The van der Waals surface area contributed by atoms with Crippen LogP contribution < -0.4 is 0 Å². The van der Waals surface area contributed by atoms with Gasteiger partial charge in [0.2, 0.25) is 0 Å². The normalized spacial score (nSPS) is 17.1. The van der Waals surface area contributed by atoms with Gasteiger partial charge in [0.05, 0.1) is 4.47 Å². The van der Waals surface area contributed by atoms with Gasteiger partial charge in [-0.3, -0.25) is 4.79 Å². The third-order valence-corrected chi connectivity index (χ3v) is 4.71. The van der Waals surface area contributed by atoms with Crippen LogP contribution in [0.25, 0.3) is 0 Å². The number of benzene rings is 1. The van der Waals surface area contributed by atoms with E-state index >= 15 is 0 Å². The molecule has 0 spiro atoms. The molecule has 0 saturated carbocycles. The number of ketones is 1. The third kappa shape index (κ3) is 3.55. The van der Waals surface area contributed by atoms with E-state index in [0.29, 0.717) is 22.4 Å². The van der Waals surface area contributed by atoms with E-state index in [1.54, 1.807) is 12.1 Å². The Balaban J connectivity index is 2.01. The lowest BCUT2D eigenvalue weighted by atomic mass is 9.93. The number of thioether (sulfide) groups is 1. The summed E-state index contributed by atoms with van der Waals surface area (Å²) in [7, 11) is 0. The Bertz CT molecular complexity index is 416. The van der Waals surface area contributed by atoms with Gasteiger partial charge in [-0.15, -0.1) is 0 Å². The van der Waals surface area contributed by atoms with Crippen LogP contribution in [0.2, 0.25) is 0 Å². The molecule has 0 aromatic heterocycles. The monoisotopic (exact) mass is 316 g/mol. The summed E-state index contributed by atoms with van der Waals surface area (Å²) >= 11 is 5.07. The number of hydrogen-bond donors (Lipinski definition) is 0. The van der Waals surface area contributed by atoms with Crippen molar-refractivity contribution in [1.82, 2.24) is 0 Å². The molecule has 17 heavy (non-hydrogen) atoms. The number of rotatable bonds is 3. The highest BCUT2D eigenvalue weighted by Gasteiger charge is 2.18. The molecule has 1 aromatic rings. The highest BCUT2D eigenvalue weighted by molar-refractivity contribution is 9.10. The van der Waals surface area contributed by atoms with Gasteiger partial charge in [-0.1, -0.05) is 0 Å². The Morgan fingerprint density at radius 3 is 2.76 bits per heavy atom. The molecule has 0 unspecified atom stereocenters. The summed E-state index contributed by atoms with van der Waals surface area (Å²) in [5.41, 5.74) is 0.608. The summed E-state index contributed by atoms with van der Waals surface area (Å²) in [6.45, 7) is 0. The van der Waals surface area contributed by atoms with E-state index in [0.717, 1.165) is 24.3 Å². The second kappa shape index (κ2) is 6.01.